The van der Waals surface area contributed by atoms with Crippen LogP contribution < -0.4 is 0 Å². The van der Waals surface area contributed by atoms with E-state index in [0.29, 0.717) is 0 Å². The summed E-state index contributed by atoms with van der Waals surface area (Å²) in [6.45, 7) is 10.1. The first kappa shape index (κ1) is 17.3. The van der Waals surface area contributed by atoms with Gasteiger partial charge < -0.3 is 0 Å². The van der Waals surface area contributed by atoms with Gasteiger partial charge in [0.1, 0.15) is 0 Å². The molecule has 0 saturated heterocycles. The highest BCUT2D eigenvalue weighted by Crippen LogP contribution is 1.92. The number of rotatable bonds is 2. The first-order valence-corrected chi connectivity index (χ1v) is 4.23. The summed E-state index contributed by atoms with van der Waals surface area (Å²) in [4.78, 5) is 0. The lowest BCUT2D eigenvalue weighted by atomic mass is 10.2. The van der Waals surface area contributed by atoms with E-state index in [0.717, 1.165) is 0 Å². The second-order valence-corrected chi connectivity index (χ2v) is 1.92. The van der Waals surface area contributed by atoms with Gasteiger partial charge in [-0.15, -0.1) is 0 Å². The van der Waals surface area contributed by atoms with Crippen LogP contribution in [0.4, 0.5) is 0 Å². The molecule has 12 heavy (non-hydrogen) atoms. The Morgan fingerprint density at radius 2 is 1.50 bits per heavy atom. The van der Waals surface area contributed by atoms with Crippen LogP contribution in [0.15, 0.2) is 36.0 Å². The Balaban J connectivity index is -0.000000249. The topological polar surface area (TPSA) is 0 Å². The molecule has 0 saturated carbocycles. The predicted octanol–water partition coefficient (Wildman–Crippen LogP) is 4.75. The largest absolute Gasteiger partial charge is 0.0877 e. The number of hydrogen-bond donors (Lipinski definition) is 0. The molecule has 72 valence electrons. The number of hydrogen-bond acceptors (Lipinski definition) is 0. The molecule has 0 radical (unpaired) electrons. The molecule has 0 aliphatic heterocycles. The van der Waals surface area contributed by atoms with E-state index in [4.69, 9.17) is 0 Å². The first-order valence-electron chi connectivity index (χ1n) is 4.23. The average Bonchev–Trinajstić information content (AvgIpc) is 2.08. The highest BCUT2D eigenvalue weighted by molar-refractivity contribution is 5.18. The van der Waals surface area contributed by atoms with Gasteiger partial charge in [0.25, 0.3) is 0 Å². The zero-order valence-corrected chi connectivity index (χ0v) is 8.39. The molecule has 0 nitrogen and oxygen atoms in total. The third kappa shape index (κ3) is 16.1. The van der Waals surface area contributed by atoms with Crippen molar-refractivity contribution in [2.24, 2.45) is 0 Å². The summed E-state index contributed by atoms with van der Waals surface area (Å²) >= 11 is 0. The maximum atomic E-state index is 2.08. The zero-order valence-electron chi connectivity index (χ0n) is 8.39. The lowest BCUT2D eigenvalue weighted by Crippen LogP contribution is -1.61. The van der Waals surface area contributed by atoms with Crippen molar-refractivity contribution in [3.8, 4) is 0 Å². The molecule has 0 rings (SSSR count). The van der Waals surface area contributed by atoms with Crippen LogP contribution in [0, 0.1) is 0 Å². The molecule has 0 aromatic carbocycles. The Morgan fingerprint density at radius 3 is 1.83 bits per heavy atom. The minimum absolute atomic E-state index is 0. The highest BCUT2D eigenvalue weighted by Gasteiger charge is 1.71. The van der Waals surface area contributed by atoms with Crippen LogP contribution >= 0.6 is 0 Å². The van der Waals surface area contributed by atoms with E-state index in [9.17, 15) is 0 Å². The summed E-state index contributed by atoms with van der Waals surface area (Å²) in [6, 6.07) is 0. The predicted molar refractivity (Wildman–Crippen MR) is 61.5 cm³/mol. The standard InChI is InChI=1S/C9H14.C2H6.CH4/c1-4-6-7-8-9(3)5-2;1-2;/h4-8H,1-3H3;1-2H3;1H4/b6-4-,8-7-,9-5-;;. The summed E-state index contributed by atoms with van der Waals surface area (Å²) in [5, 5.41) is 0. The lowest BCUT2D eigenvalue weighted by Gasteiger charge is -1.82. The van der Waals surface area contributed by atoms with Crippen LogP contribution in [-0.2, 0) is 0 Å². The van der Waals surface area contributed by atoms with E-state index in [1.54, 1.807) is 0 Å². The monoisotopic (exact) mass is 168 g/mol. The molecular weight excluding hydrogens is 144 g/mol. The van der Waals surface area contributed by atoms with Gasteiger partial charge >= 0.3 is 0 Å². The quantitative estimate of drug-likeness (QED) is 0.522. The van der Waals surface area contributed by atoms with Crippen molar-refractivity contribution in [3.63, 3.8) is 0 Å². The molecule has 0 heterocycles. The fraction of sp³-hybridized carbons (Fsp3) is 0.500. The molecule has 0 heteroatoms. The molecule has 0 fully saturated rings. The summed E-state index contributed by atoms with van der Waals surface area (Å²) in [5.74, 6) is 0. The van der Waals surface area contributed by atoms with Gasteiger partial charge in [0, 0.05) is 0 Å². The van der Waals surface area contributed by atoms with Crippen molar-refractivity contribution < 1.29 is 0 Å². The van der Waals surface area contributed by atoms with Crippen molar-refractivity contribution in [2.45, 2.75) is 42.0 Å². The van der Waals surface area contributed by atoms with Gasteiger partial charge in [-0.3, -0.25) is 0 Å². The van der Waals surface area contributed by atoms with E-state index in [2.05, 4.69) is 19.1 Å². The molecule has 0 aromatic heterocycles. The molecule has 0 aliphatic rings. The van der Waals surface area contributed by atoms with Crippen molar-refractivity contribution in [1.29, 1.82) is 0 Å². The highest BCUT2D eigenvalue weighted by atomic mass is 13.8. The van der Waals surface area contributed by atoms with Gasteiger partial charge in [-0.1, -0.05) is 57.2 Å². The van der Waals surface area contributed by atoms with E-state index < -0.39 is 0 Å². The Hall–Kier alpha value is -0.780. The van der Waals surface area contributed by atoms with Crippen LogP contribution in [0.1, 0.15) is 42.0 Å². The fourth-order valence-electron chi connectivity index (χ4n) is 0.415. The van der Waals surface area contributed by atoms with Crippen molar-refractivity contribution in [2.75, 3.05) is 0 Å². The number of allylic oxidation sites excluding steroid dienone is 6. The second-order valence-electron chi connectivity index (χ2n) is 1.92. The van der Waals surface area contributed by atoms with Gasteiger partial charge in [-0.2, -0.15) is 0 Å². The van der Waals surface area contributed by atoms with E-state index >= 15 is 0 Å². The molecular formula is C12H24. The van der Waals surface area contributed by atoms with Gasteiger partial charge in [0.2, 0.25) is 0 Å². The smallest absolute Gasteiger partial charge is 0.0401 e. The molecule has 0 unspecified atom stereocenters. The van der Waals surface area contributed by atoms with Crippen LogP contribution in [0.5, 0.6) is 0 Å². The maximum Gasteiger partial charge on any atom is -0.0401 e. The lowest BCUT2D eigenvalue weighted by molar-refractivity contribution is 1.48. The van der Waals surface area contributed by atoms with Crippen molar-refractivity contribution in [3.05, 3.63) is 36.0 Å². The molecule has 0 amide bonds. The third-order valence-electron chi connectivity index (χ3n) is 1.12. The minimum atomic E-state index is 0. The normalized spacial score (nSPS) is 10.9. The van der Waals surface area contributed by atoms with Crippen molar-refractivity contribution in [1.82, 2.24) is 0 Å². The minimum Gasteiger partial charge on any atom is -0.0877 e. The van der Waals surface area contributed by atoms with Gasteiger partial charge in [-0.25, -0.2) is 0 Å². The SMILES string of the molecule is C.CC.C\C=C/C=C\C(C)=C/C. The summed E-state index contributed by atoms with van der Waals surface area (Å²) in [7, 11) is 0. The zero-order chi connectivity index (χ0) is 9.11. The second kappa shape index (κ2) is 16.7. The Labute approximate surface area is 78.7 Å². The van der Waals surface area contributed by atoms with Crippen LogP contribution in [-0.4, -0.2) is 0 Å². The van der Waals surface area contributed by atoms with Crippen LogP contribution in [0.25, 0.3) is 0 Å². The summed E-state index contributed by atoms with van der Waals surface area (Å²) in [6.07, 6.45) is 10.2. The molecule has 0 N–H and O–H groups in total. The Morgan fingerprint density at radius 1 is 1.00 bits per heavy atom. The summed E-state index contributed by atoms with van der Waals surface area (Å²) < 4.78 is 0. The van der Waals surface area contributed by atoms with Crippen LogP contribution in [0.3, 0.4) is 0 Å². The average molecular weight is 168 g/mol. The molecule has 0 spiro atoms. The molecule has 0 aromatic rings. The fourth-order valence-corrected chi connectivity index (χ4v) is 0.415. The van der Waals surface area contributed by atoms with Gasteiger partial charge in [0.15, 0.2) is 0 Å². The third-order valence-corrected chi connectivity index (χ3v) is 1.12. The van der Waals surface area contributed by atoms with E-state index in [1.807, 2.05) is 45.9 Å². The van der Waals surface area contributed by atoms with Gasteiger partial charge in [-0.05, 0) is 20.8 Å². The maximum absolute atomic E-state index is 2.08. The Kier molecular flexibility index (Phi) is 24.1. The van der Waals surface area contributed by atoms with Gasteiger partial charge in [0.05, 0.1) is 0 Å². The van der Waals surface area contributed by atoms with Crippen LogP contribution in [0.2, 0.25) is 0 Å². The molecule has 0 atom stereocenters. The van der Waals surface area contributed by atoms with E-state index in [1.165, 1.54) is 5.57 Å². The summed E-state index contributed by atoms with van der Waals surface area (Å²) in [5.41, 5.74) is 1.30. The molecule has 0 bridgehead atoms. The van der Waals surface area contributed by atoms with Crippen molar-refractivity contribution >= 4 is 0 Å². The Bertz CT molecular complexity index is 136. The first-order chi connectivity index (χ1) is 5.31. The molecule has 0 aliphatic carbocycles. The van der Waals surface area contributed by atoms with E-state index in [-0.39, 0.29) is 7.43 Å².